The minimum Gasteiger partial charge on any atom is -0.493 e. The molecule has 0 aliphatic rings. The number of carbonyl (C=O) groups excluding carboxylic acids is 1. The van der Waals surface area contributed by atoms with Gasteiger partial charge in [0.05, 0.1) is 23.7 Å². The highest BCUT2D eigenvalue weighted by molar-refractivity contribution is 6.10. The van der Waals surface area contributed by atoms with Gasteiger partial charge < -0.3 is 14.8 Å². The number of nitro benzene ring substituents is 1. The van der Waals surface area contributed by atoms with Crippen LogP contribution in [-0.2, 0) is 11.4 Å². The molecule has 0 spiro atoms. The maximum Gasteiger partial charge on any atom is 0.280 e. The number of carbonyl (C=O) groups is 1. The number of aryl methyl sites for hydroxylation is 1. The van der Waals surface area contributed by atoms with E-state index in [1.807, 2.05) is 43.3 Å². The topological polar surface area (TPSA) is 114 Å². The lowest BCUT2D eigenvalue weighted by molar-refractivity contribution is -0.385. The summed E-state index contributed by atoms with van der Waals surface area (Å²) in [4.78, 5) is 23.7. The molecule has 0 radical (unpaired) electrons. The van der Waals surface area contributed by atoms with Crippen molar-refractivity contribution < 1.29 is 19.2 Å². The summed E-state index contributed by atoms with van der Waals surface area (Å²) in [5, 5.41) is 23.8. The molecule has 0 saturated carbocycles. The molecular weight excluding hydrogens is 422 g/mol. The van der Waals surface area contributed by atoms with Gasteiger partial charge in [0.1, 0.15) is 18.2 Å². The summed E-state index contributed by atoms with van der Waals surface area (Å²) in [5.74, 6) is -0.271. The van der Waals surface area contributed by atoms with E-state index in [-0.39, 0.29) is 34.9 Å². The lowest BCUT2D eigenvalue weighted by atomic mass is 10.1. The van der Waals surface area contributed by atoms with Gasteiger partial charge in [0.2, 0.25) is 0 Å². The van der Waals surface area contributed by atoms with E-state index in [1.54, 1.807) is 24.3 Å². The van der Waals surface area contributed by atoms with Crippen molar-refractivity contribution in [2.45, 2.75) is 13.5 Å². The molecule has 0 fully saturated rings. The SMILES string of the molecule is COc1cc(/C=C(/C#N)C(=O)Nc2cccc(C)c2)c([N+](=O)[O-])cc1OCc1ccccc1. The summed E-state index contributed by atoms with van der Waals surface area (Å²) in [6.45, 7) is 2.06. The quantitative estimate of drug-likeness (QED) is 0.226. The van der Waals surface area contributed by atoms with Crippen molar-refractivity contribution in [1.82, 2.24) is 0 Å². The molecule has 0 aliphatic heterocycles. The maximum atomic E-state index is 12.6. The van der Waals surface area contributed by atoms with Gasteiger partial charge in [-0.3, -0.25) is 14.9 Å². The lowest BCUT2D eigenvalue weighted by Gasteiger charge is -2.12. The molecule has 0 aliphatic carbocycles. The van der Waals surface area contributed by atoms with Crippen LogP contribution >= 0.6 is 0 Å². The molecule has 0 heterocycles. The van der Waals surface area contributed by atoms with Gasteiger partial charge in [-0.05, 0) is 42.3 Å². The number of ether oxygens (including phenoxy) is 2. The van der Waals surface area contributed by atoms with Gasteiger partial charge >= 0.3 is 0 Å². The number of amides is 1. The molecule has 8 heteroatoms. The zero-order valence-corrected chi connectivity index (χ0v) is 18.1. The molecule has 3 rings (SSSR count). The largest absolute Gasteiger partial charge is 0.493 e. The van der Waals surface area contributed by atoms with Crippen LogP contribution < -0.4 is 14.8 Å². The van der Waals surface area contributed by atoms with Crippen molar-refractivity contribution in [2.24, 2.45) is 0 Å². The van der Waals surface area contributed by atoms with Gasteiger partial charge in [-0.1, -0.05) is 42.5 Å². The second-order valence-corrected chi connectivity index (χ2v) is 7.09. The molecule has 1 N–H and O–H groups in total. The Morgan fingerprint density at radius 1 is 1.12 bits per heavy atom. The molecule has 0 saturated heterocycles. The Morgan fingerprint density at radius 3 is 2.52 bits per heavy atom. The van der Waals surface area contributed by atoms with Crippen LogP contribution in [0.2, 0.25) is 0 Å². The summed E-state index contributed by atoms with van der Waals surface area (Å²) < 4.78 is 11.1. The lowest BCUT2D eigenvalue weighted by Crippen LogP contribution is -2.13. The van der Waals surface area contributed by atoms with Crippen molar-refractivity contribution in [2.75, 3.05) is 12.4 Å². The standard InChI is InChI=1S/C25H21N3O5/c1-17-7-6-10-21(11-17)27-25(29)20(15-26)12-19-13-23(32-2)24(14-22(19)28(30)31)33-16-18-8-4-3-5-9-18/h3-14H,16H2,1-2H3,(H,27,29)/b20-12-. The average molecular weight is 443 g/mol. The normalized spacial score (nSPS) is 10.8. The molecule has 0 bridgehead atoms. The van der Waals surface area contributed by atoms with Gasteiger partial charge in [-0.25, -0.2) is 0 Å². The number of methoxy groups -OCH3 is 1. The molecule has 1 amide bonds. The van der Waals surface area contributed by atoms with E-state index >= 15 is 0 Å². The highest BCUT2D eigenvalue weighted by atomic mass is 16.6. The fraction of sp³-hybridized carbons (Fsp3) is 0.120. The monoisotopic (exact) mass is 443 g/mol. The van der Waals surface area contributed by atoms with E-state index < -0.39 is 10.8 Å². The van der Waals surface area contributed by atoms with Crippen LogP contribution in [0.3, 0.4) is 0 Å². The number of nitriles is 1. The Bertz CT molecular complexity index is 1250. The van der Waals surface area contributed by atoms with Gasteiger partial charge in [0.15, 0.2) is 11.5 Å². The number of benzene rings is 3. The van der Waals surface area contributed by atoms with Crippen LogP contribution in [0, 0.1) is 28.4 Å². The van der Waals surface area contributed by atoms with Crippen molar-refractivity contribution >= 4 is 23.4 Å². The van der Waals surface area contributed by atoms with Crippen molar-refractivity contribution in [3.63, 3.8) is 0 Å². The zero-order chi connectivity index (χ0) is 23.8. The van der Waals surface area contributed by atoms with Gasteiger partial charge in [0.25, 0.3) is 11.6 Å². The Morgan fingerprint density at radius 2 is 1.88 bits per heavy atom. The molecular formula is C25H21N3O5. The summed E-state index contributed by atoms with van der Waals surface area (Å²) in [7, 11) is 1.40. The second-order valence-electron chi connectivity index (χ2n) is 7.09. The molecule has 0 unspecified atom stereocenters. The van der Waals surface area contributed by atoms with Crippen LogP contribution in [0.5, 0.6) is 11.5 Å². The van der Waals surface area contributed by atoms with E-state index in [0.717, 1.165) is 17.2 Å². The number of nitro groups is 1. The number of anilines is 1. The van der Waals surface area contributed by atoms with Crippen LogP contribution in [0.1, 0.15) is 16.7 Å². The Balaban J connectivity index is 1.93. The number of nitrogens with zero attached hydrogens (tertiary/aromatic N) is 2. The van der Waals surface area contributed by atoms with Crippen LogP contribution in [0.25, 0.3) is 6.08 Å². The van der Waals surface area contributed by atoms with E-state index in [0.29, 0.717) is 5.69 Å². The summed E-state index contributed by atoms with van der Waals surface area (Å²) >= 11 is 0. The van der Waals surface area contributed by atoms with Crippen molar-refractivity contribution in [3.05, 3.63) is 99.1 Å². The van der Waals surface area contributed by atoms with Crippen molar-refractivity contribution in [3.8, 4) is 17.6 Å². The van der Waals surface area contributed by atoms with Crippen molar-refractivity contribution in [1.29, 1.82) is 5.26 Å². The highest BCUT2D eigenvalue weighted by Gasteiger charge is 2.21. The van der Waals surface area contributed by atoms with Crippen LogP contribution in [0.15, 0.2) is 72.3 Å². The summed E-state index contributed by atoms with van der Waals surface area (Å²) in [6.07, 6.45) is 1.16. The third-order valence-electron chi connectivity index (χ3n) is 4.69. The Hall–Kier alpha value is -4.64. The number of hydrogen-bond donors (Lipinski definition) is 1. The first kappa shape index (κ1) is 23.0. The molecule has 0 aromatic heterocycles. The van der Waals surface area contributed by atoms with E-state index in [9.17, 15) is 20.2 Å². The molecule has 3 aromatic carbocycles. The predicted molar refractivity (Wildman–Crippen MR) is 124 cm³/mol. The molecule has 166 valence electrons. The first-order valence-corrected chi connectivity index (χ1v) is 9.94. The molecule has 33 heavy (non-hydrogen) atoms. The Kier molecular flexibility index (Phi) is 7.39. The van der Waals surface area contributed by atoms with Gasteiger partial charge in [-0.2, -0.15) is 5.26 Å². The predicted octanol–water partition coefficient (Wildman–Crippen LogP) is 5.04. The zero-order valence-electron chi connectivity index (χ0n) is 18.1. The maximum absolute atomic E-state index is 12.6. The molecule has 8 nitrogen and oxygen atoms in total. The third-order valence-corrected chi connectivity index (χ3v) is 4.69. The summed E-state index contributed by atoms with van der Waals surface area (Å²) in [6, 6.07) is 20.8. The number of nitrogens with one attached hydrogen (secondary N) is 1. The Labute approximate surface area is 190 Å². The molecule has 0 atom stereocenters. The van der Waals surface area contributed by atoms with Gasteiger partial charge in [-0.15, -0.1) is 0 Å². The summed E-state index contributed by atoms with van der Waals surface area (Å²) in [5.41, 5.74) is 1.75. The van der Waals surface area contributed by atoms with Crippen LogP contribution in [0.4, 0.5) is 11.4 Å². The van der Waals surface area contributed by atoms with Crippen LogP contribution in [-0.4, -0.2) is 17.9 Å². The fourth-order valence-corrected chi connectivity index (χ4v) is 3.07. The third kappa shape index (κ3) is 5.95. The number of hydrogen-bond acceptors (Lipinski definition) is 6. The van der Waals surface area contributed by atoms with E-state index in [4.69, 9.17) is 9.47 Å². The smallest absolute Gasteiger partial charge is 0.280 e. The molecule has 3 aromatic rings. The fourth-order valence-electron chi connectivity index (χ4n) is 3.07. The average Bonchev–Trinajstić information content (AvgIpc) is 2.81. The second kappa shape index (κ2) is 10.6. The van der Waals surface area contributed by atoms with Gasteiger partial charge in [0, 0.05) is 5.69 Å². The first-order valence-electron chi connectivity index (χ1n) is 9.94. The minimum absolute atomic E-state index is 0.0415. The number of rotatable bonds is 8. The van der Waals surface area contributed by atoms with E-state index in [1.165, 1.54) is 19.2 Å². The minimum atomic E-state index is -0.680. The highest BCUT2D eigenvalue weighted by Crippen LogP contribution is 2.36. The van der Waals surface area contributed by atoms with E-state index in [2.05, 4.69) is 5.32 Å². The first-order chi connectivity index (χ1) is 15.9.